The lowest BCUT2D eigenvalue weighted by Crippen LogP contribution is -2.43. The maximum Gasteiger partial charge on any atom is 0.260 e. The Kier molecular flexibility index (Phi) is 5.88. The van der Waals surface area contributed by atoms with Crippen LogP contribution < -0.4 is 24.7 Å². The number of para-hydroxylation sites is 3. The summed E-state index contributed by atoms with van der Waals surface area (Å²) in [6.07, 6.45) is -0.295. The van der Waals surface area contributed by atoms with E-state index in [2.05, 4.69) is 0 Å². The number of likely N-dealkylation sites (N-methyl/N-ethyl adjacent to an activating group) is 1. The van der Waals surface area contributed by atoms with E-state index in [4.69, 9.17) is 24.7 Å². The van der Waals surface area contributed by atoms with Gasteiger partial charge >= 0.3 is 0 Å². The van der Waals surface area contributed by atoms with Gasteiger partial charge in [-0.3, -0.25) is 9.59 Å². The number of amides is 2. The molecule has 2 aromatic carbocycles. The lowest BCUT2D eigenvalue weighted by molar-refractivity contribution is -0.133. The lowest BCUT2D eigenvalue weighted by Gasteiger charge is -2.29. The number of hydrogen-bond acceptors (Lipinski definition) is 6. The first-order chi connectivity index (χ1) is 13.5. The van der Waals surface area contributed by atoms with E-state index < -0.39 is 5.91 Å². The van der Waals surface area contributed by atoms with Crippen LogP contribution in [0.15, 0.2) is 42.5 Å². The Morgan fingerprint density at radius 3 is 2.64 bits per heavy atom. The summed E-state index contributed by atoms with van der Waals surface area (Å²) in [6.45, 7) is 0.389. The average molecular weight is 386 g/mol. The molecular formula is C20H22N2O6. The minimum absolute atomic E-state index is 0.144. The Bertz CT molecular complexity index is 870. The average Bonchev–Trinajstić information content (AvgIpc) is 2.71. The summed E-state index contributed by atoms with van der Waals surface area (Å²) < 4.78 is 22.3. The van der Waals surface area contributed by atoms with Gasteiger partial charge in [0.1, 0.15) is 6.61 Å². The van der Waals surface area contributed by atoms with Crippen LogP contribution in [0.2, 0.25) is 0 Å². The van der Waals surface area contributed by atoms with Gasteiger partial charge in [0.15, 0.2) is 35.7 Å². The molecule has 0 fully saturated rings. The van der Waals surface area contributed by atoms with Crippen LogP contribution in [0.25, 0.3) is 0 Å². The Balaban J connectivity index is 1.59. The summed E-state index contributed by atoms with van der Waals surface area (Å²) in [7, 11) is 3.09. The van der Waals surface area contributed by atoms with E-state index in [0.717, 1.165) is 0 Å². The van der Waals surface area contributed by atoms with Crippen LogP contribution in [0.1, 0.15) is 10.4 Å². The summed E-state index contributed by atoms with van der Waals surface area (Å²) >= 11 is 0. The number of carbonyl (C=O) groups is 2. The number of carbonyl (C=O) groups excluding carboxylic acids is 2. The van der Waals surface area contributed by atoms with E-state index in [1.165, 1.54) is 18.1 Å². The van der Waals surface area contributed by atoms with Gasteiger partial charge in [0.2, 0.25) is 0 Å². The molecule has 8 heteroatoms. The monoisotopic (exact) mass is 386 g/mol. The van der Waals surface area contributed by atoms with Gasteiger partial charge < -0.3 is 29.6 Å². The molecule has 148 valence electrons. The number of rotatable bonds is 7. The predicted molar refractivity (Wildman–Crippen MR) is 101 cm³/mol. The molecule has 2 N–H and O–H groups in total. The quantitative estimate of drug-likeness (QED) is 0.774. The van der Waals surface area contributed by atoms with E-state index in [1.54, 1.807) is 19.2 Å². The first-order valence-electron chi connectivity index (χ1n) is 8.71. The van der Waals surface area contributed by atoms with Gasteiger partial charge in [0.05, 0.1) is 19.2 Å². The standard InChI is InChI=1S/C20H22N2O6/c1-22(10-13-11-26-15-7-3-4-8-16(15)28-13)18(23)12-27-19-14(20(21)24)6-5-9-17(19)25-2/h3-9,13H,10-12H2,1-2H3,(H2,21,24)/t13-/m1/s1. The van der Waals surface area contributed by atoms with Crippen molar-refractivity contribution in [3.63, 3.8) is 0 Å². The fraction of sp³-hybridized carbons (Fsp3) is 0.300. The fourth-order valence-electron chi connectivity index (χ4n) is 2.82. The highest BCUT2D eigenvalue weighted by atomic mass is 16.6. The molecule has 0 radical (unpaired) electrons. The van der Waals surface area contributed by atoms with Gasteiger partial charge in [-0.15, -0.1) is 0 Å². The van der Waals surface area contributed by atoms with Crippen molar-refractivity contribution in [3.8, 4) is 23.0 Å². The molecular weight excluding hydrogens is 364 g/mol. The molecule has 0 bridgehead atoms. The van der Waals surface area contributed by atoms with Gasteiger partial charge in [0.25, 0.3) is 11.8 Å². The Morgan fingerprint density at radius 1 is 1.18 bits per heavy atom. The summed E-state index contributed by atoms with van der Waals surface area (Å²) in [4.78, 5) is 25.5. The van der Waals surface area contributed by atoms with Gasteiger partial charge in [-0.2, -0.15) is 0 Å². The van der Waals surface area contributed by atoms with E-state index >= 15 is 0 Å². The van der Waals surface area contributed by atoms with Crippen molar-refractivity contribution in [3.05, 3.63) is 48.0 Å². The summed E-state index contributed by atoms with van der Waals surface area (Å²) in [5.74, 6) is 0.852. The molecule has 8 nitrogen and oxygen atoms in total. The number of nitrogens with two attached hydrogens (primary N) is 1. The van der Waals surface area contributed by atoms with E-state index in [9.17, 15) is 9.59 Å². The highest BCUT2D eigenvalue weighted by Gasteiger charge is 2.24. The molecule has 1 atom stereocenters. The van der Waals surface area contributed by atoms with Crippen LogP contribution in [0, 0.1) is 0 Å². The summed E-state index contributed by atoms with van der Waals surface area (Å²) in [5, 5.41) is 0. The molecule has 0 saturated heterocycles. The smallest absolute Gasteiger partial charge is 0.260 e. The predicted octanol–water partition coefficient (Wildman–Crippen LogP) is 1.47. The van der Waals surface area contributed by atoms with Crippen LogP contribution >= 0.6 is 0 Å². The number of benzene rings is 2. The highest BCUT2D eigenvalue weighted by molar-refractivity contribution is 5.96. The zero-order valence-corrected chi connectivity index (χ0v) is 15.7. The van der Waals surface area contributed by atoms with Crippen molar-refractivity contribution >= 4 is 11.8 Å². The first kappa shape index (κ1) is 19.3. The molecule has 0 unspecified atom stereocenters. The third-order valence-electron chi connectivity index (χ3n) is 4.28. The number of primary amides is 1. The van der Waals surface area contributed by atoms with Crippen LogP contribution in [-0.4, -0.2) is 56.7 Å². The second-order valence-corrected chi connectivity index (χ2v) is 6.26. The van der Waals surface area contributed by atoms with Crippen LogP contribution in [0.5, 0.6) is 23.0 Å². The number of nitrogens with zero attached hydrogens (tertiary/aromatic N) is 1. The second kappa shape index (κ2) is 8.51. The topological polar surface area (TPSA) is 100 Å². The van der Waals surface area contributed by atoms with E-state index in [-0.39, 0.29) is 29.9 Å². The van der Waals surface area contributed by atoms with Gasteiger partial charge in [-0.1, -0.05) is 18.2 Å². The lowest BCUT2D eigenvalue weighted by atomic mass is 10.2. The summed E-state index contributed by atoms with van der Waals surface area (Å²) in [6, 6.07) is 12.1. The summed E-state index contributed by atoms with van der Waals surface area (Å²) in [5.41, 5.74) is 5.52. The van der Waals surface area contributed by atoms with Crippen molar-refractivity contribution < 1.29 is 28.5 Å². The zero-order valence-electron chi connectivity index (χ0n) is 15.7. The van der Waals surface area contributed by atoms with E-state index in [1.807, 2.05) is 24.3 Å². The van der Waals surface area contributed by atoms with Crippen molar-refractivity contribution in [2.24, 2.45) is 5.73 Å². The van der Waals surface area contributed by atoms with E-state index in [0.29, 0.717) is 30.4 Å². The molecule has 2 amide bonds. The number of methoxy groups -OCH3 is 1. The molecule has 0 aromatic heterocycles. The Labute approximate surface area is 162 Å². The second-order valence-electron chi connectivity index (χ2n) is 6.26. The first-order valence-corrected chi connectivity index (χ1v) is 8.71. The maximum atomic E-state index is 12.5. The van der Waals surface area contributed by atoms with Crippen LogP contribution in [0.4, 0.5) is 0 Å². The molecule has 1 aliphatic rings. The molecule has 1 heterocycles. The van der Waals surface area contributed by atoms with Crippen molar-refractivity contribution in [1.82, 2.24) is 4.90 Å². The fourth-order valence-corrected chi connectivity index (χ4v) is 2.82. The Morgan fingerprint density at radius 2 is 1.93 bits per heavy atom. The molecule has 0 spiro atoms. The number of hydrogen-bond donors (Lipinski definition) is 1. The van der Waals surface area contributed by atoms with Crippen molar-refractivity contribution in [1.29, 1.82) is 0 Å². The van der Waals surface area contributed by atoms with Gasteiger partial charge in [0, 0.05) is 7.05 Å². The number of fused-ring (bicyclic) bond motifs is 1. The van der Waals surface area contributed by atoms with Crippen molar-refractivity contribution in [2.75, 3.05) is 33.9 Å². The number of ether oxygens (including phenoxy) is 4. The van der Waals surface area contributed by atoms with Crippen LogP contribution in [-0.2, 0) is 4.79 Å². The molecule has 1 aliphatic heterocycles. The molecule has 0 aliphatic carbocycles. The Hall–Kier alpha value is -3.42. The molecule has 3 rings (SSSR count). The SMILES string of the molecule is COc1cccc(C(N)=O)c1OCC(=O)N(C)C[C@@H]1COc2ccccc2O1. The molecule has 28 heavy (non-hydrogen) atoms. The third-order valence-corrected chi connectivity index (χ3v) is 4.28. The van der Waals surface area contributed by atoms with Gasteiger partial charge in [-0.05, 0) is 24.3 Å². The third kappa shape index (κ3) is 4.28. The largest absolute Gasteiger partial charge is 0.493 e. The zero-order chi connectivity index (χ0) is 20.1. The maximum absolute atomic E-state index is 12.5. The van der Waals surface area contributed by atoms with Crippen molar-refractivity contribution in [2.45, 2.75) is 6.10 Å². The minimum Gasteiger partial charge on any atom is -0.493 e. The van der Waals surface area contributed by atoms with Crippen LogP contribution in [0.3, 0.4) is 0 Å². The molecule has 0 saturated carbocycles. The normalized spacial score (nSPS) is 14.9. The molecule has 2 aromatic rings. The minimum atomic E-state index is -0.666. The highest BCUT2D eigenvalue weighted by Crippen LogP contribution is 2.32. The van der Waals surface area contributed by atoms with Gasteiger partial charge in [-0.25, -0.2) is 0 Å².